The molecule has 3 rings (SSSR count). The van der Waals surface area contributed by atoms with E-state index in [4.69, 9.17) is 17.0 Å². The molecule has 0 heterocycles. The van der Waals surface area contributed by atoms with Crippen LogP contribution in [0, 0.1) is 0 Å². The molecule has 0 atom stereocenters. The monoisotopic (exact) mass is 432 g/mol. The second kappa shape index (κ2) is 13.5. The number of hydrogen-bond acceptors (Lipinski definition) is 2. The van der Waals surface area contributed by atoms with Crippen molar-refractivity contribution < 1.29 is 4.74 Å². The molecule has 3 aromatic carbocycles. The van der Waals surface area contributed by atoms with Crippen molar-refractivity contribution in [3.63, 3.8) is 0 Å². The van der Waals surface area contributed by atoms with Gasteiger partial charge in [0.2, 0.25) is 0 Å². The van der Waals surface area contributed by atoms with Gasteiger partial charge in [-0.25, -0.2) is 0 Å². The highest BCUT2D eigenvalue weighted by atomic mass is 32.1. The number of aryl methyl sites for hydroxylation is 2. The summed E-state index contributed by atoms with van der Waals surface area (Å²) in [6, 6.07) is 29.2. The first-order valence-corrected chi connectivity index (χ1v) is 11.6. The Hall–Kier alpha value is -2.85. The van der Waals surface area contributed by atoms with Crippen molar-refractivity contribution >= 4 is 23.0 Å². The topological polar surface area (TPSA) is 33.3 Å². The molecule has 2 N–H and O–H groups in total. The number of rotatable bonds is 12. The van der Waals surface area contributed by atoms with Crippen LogP contribution in [-0.2, 0) is 12.8 Å². The Labute approximate surface area is 191 Å². The second-order valence-corrected chi connectivity index (χ2v) is 8.05. The number of thiocarbonyl (C=S) groups is 1. The fraction of sp³-hybridized carbons (Fsp3) is 0.296. The van der Waals surface area contributed by atoms with E-state index in [1.54, 1.807) is 0 Å². The first-order chi connectivity index (χ1) is 15.3. The molecule has 0 spiro atoms. The molecule has 0 bridgehead atoms. The Kier molecular flexibility index (Phi) is 9.91. The summed E-state index contributed by atoms with van der Waals surface area (Å²) in [6.45, 7) is 1.58. The van der Waals surface area contributed by atoms with Gasteiger partial charge in [0, 0.05) is 18.3 Å². The maximum absolute atomic E-state index is 5.92. The van der Waals surface area contributed by atoms with Gasteiger partial charge >= 0.3 is 0 Å². The molecule has 0 unspecified atom stereocenters. The maximum atomic E-state index is 5.92. The quantitative estimate of drug-likeness (QED) is 0.256. The Morgan fingerprint density at radius 1 is 0.710 bits per heavy atom. The highest BCUT2D eigenvalue weighted by molar-refractivity contribution is 7.80. The Bertz CT molecular complexity index is 899. The Morgan fingerprint density at radius 3 is 2.10 bits per heavy atom. The van der Waals surface area contributed by atoms with Gasteiger partial charge in [-0.05, 0) is 74.0 Å². The lowest BCUT2D eigenvalue weighted by molar-refractivity contribution is 0.305. The lowest BCUT2D eigenvalue weighted by Gasteiger charge is -2.12. The molecule has 0 fully saturated rings. The molecule has 0 aliphatic carbocycles. The lowest BCUT2D eigenvalue weighted by Crippen LogP contribution is -2.29. The highest BCUT2D eigenvalue weighted by Gasteiger charge is 2.01. The number of unbranched alkanes of at least 4 members (excludes halogenated alkanes) is 2. The fourth-order valence-electron chi connectivity index (χ4n) is 3.42. The molecule has 0 radical (unpaired) electrons. The van der Waals surface area contributed by atoms with E-state index >= 15 is 0 Å². The number of ether oxygens (including phenoxy) is 1. The van der Waals surface area contributed by atoms with Crippen LogP contribution >= 0.6 is 12.2 Å². The summed E-state index contributed by atoms with van der Waals surface area (Å²) in [5, 5.41) is 7.17. The van der Waals surface area contributed by atoms with E-state index in [9.17, 15) is 0 Å². The smallest absolute Gasteiger partial charge is 0.170 e. The van der Waals surface area contributed by atoms with Gasteiger partial charge in [-0.1, -0.05) is 66.7 Å². The summed E-state index contributed by atoms with van der Waals surface area (Å²) in [5.74, 6) is 0.875. The average Bonchev–Trinajstić information content (AvgIpc) is 2.81. The van der Waals surface area contributed by atoms with Crippen LogP contribution in [0.1, 0.15) is 36.8 Å². The highest BCUT2D eigenvalue weighted by Crippen LogP contribution is 2.18. The summed E-state index contributed by atoms with van der Waals surface area (Å²) in [5.41, 5.74) is 3.71. The molecule has 31 heavy (non-hydrogen) atoms. The zero-order valence-electron chi connectivity index (χ0n) is 18.1. The predicted octanol–water partition coefficient (Wildman–Crippen LogP) is 6.40. The van der Waals surface area contributed by atoms with E-state index in [1.807, 2.05) is 30.3 Å². The van der Waals surface area contributed by atoms with Crippen molar-refractivity contribution in [2.75, 3.05) is 18.5 Å². The van der Waals surface area contributed by atoms with E-state index < -0.39 is 0 Å². The minimum Gasteiger partial charge on any atom is -0.494 e. The van der Waals surface area contributed by atoms with Crippen molar-refractivity contribution in [2.24, 2.45) is 0 Å². The van der Waals surface area contributed by atoms with Crippen molar-refractivity contribution in [2.45, 2.75) is 38.5 Å². The van der Waals surface area contributed by atoms with E-state index in [1.165, 1.54) is 24.0 Å². The van der Waals surface area contributed by atoms with Gasteiger partial charge in [0.25, 0.3) is 0 Å². The van der Waals surface area contributed by atoms with Gasteiger partial charge in [-0.3, -0.25) is 0 Å². The Balaban J connectivity index is 1.28. The van der Waals surface area contributed by atoms with Gasteiger partial charge in [-0.15, -0.1) is 0 Å². The minimum atomic E-state index is 0.645. The van der Waals surface area contributed by atoms with Crippen molar-refractivity contribution in [3.05, 3.63) is 96.1 Å². The third-order valence-electron chi connectivity index (χ3n) is 5.08. The zero-order valence-corrected chi connectivity index (χ0v) is 18.9. The van der Waals surface area contributed by atoms with Crippen LogP contribution < -0.4 is 15.4 Å². The van der Waals surface area contributed by atoms with Gasteiger partial charge < -0.3 is 15.4 Å². The SMILES string of the molecule is S=C(NCCCc1ccccc1)Nc1cccc(OCCCCCc2ccccc2)c1. The zero-order chi connectivity index (χ0) is 21.6. The van der Waals surface area contributed by atoms with E-state index in [0.29, 0.717) is 5.11 Å². The largest absolute Gasteiger partial charge is 0.494 e. The molecular weight excluding hydrogens is 400 g/mol. The van der Waals surface area contributed by atoms with Gasteiger partial charge in [0.05, 0.1) is 6.61 Å². The molecular formula is C27H32N2OS. The third-order valence-corrected chi connectivity index (χ3v) is 5.33. The fourth-order valence-corrected chi connectivity index (χ4v) is 3.64. The third kappa shape index (κ3) is 9.22. The van der Waals surface area contributed by atoms with Crippen LogP contribution in [0.25, 0.3) is 0 Å². The van der Waals surface area contributed by atoms with Gasteiger partial charge in [0.15, 0.2) is 5.11 Å². The standard InChI is InChI=1S/C27H32N2OS/c31-27(28-20-11-17-24-14-6-2-7-15-24)29-25-18-10-19-26(22-25)30-21-9-3-8-16-23-12-4-1-5-13-23/h1-2,4-7,10,12-15,18-19,22H,3,8-9,11,16-17,20-21H2,(H2,28,29,31). The molecule has 162 valence electrons. The van der Waals surface area contributed by atoms with Crippen LogP contribution in [0.5, 0.6) is 5.75 Å². The summed E-state index contributed by atoms with van der Waals surface area (Å²) < 4.78 is 5.92. The number of nitrogens with one attached hydrogen (secondary N) is 2. The molecule has 0 saturated carbocycles. The average molecular weight is 433 g/mol. The van der Waals surface area contributed by atoms with Gasteiger partial charge in [-0.2, -0.15) is 0 Å². The Morgan fingerprint density at radius 2 is 1.39 bits per heavy atom. The first kappa shape index (κ1) is 22.8. The van der Waals surface area contributed by atoms with Crippen LogP contribution in [0.4, 0.5) is 5.69 Å². The summed E-state index contributed by atoms with van der Waals surface area (Å²) in [7, 11) is 0. The van der Waals surface area contributed by atoms with Crippen LogP contribution in [-0.4, -0.2) is 18.3 Å². The summed E-state index contributed by atoms with van der Waals surface area (Å²) >= 11 is 5.42. The summed E-state index contributed by atoms with van der Waals surface area (Å²) in [6.07, 6.45) is 6.65. The molecule has 0 aliphatic heterocycles. The number of anilines is 1. The second-order valence-electron chi connectivity index (χ2n) is 7.64. The molecule has 0 amide bonds. The number of hydrogen-bond donors (Lipinski definition) is 2. The van der Waals surface area contributed by atoms with Crippen LogP contribution in [0.2, 0.25) is 0 Å². The molecule has 3 aromatic rings. The molecule has 0 saturated heterocycles. The minimum absolute atomic E-state index is 0.645. The van der Waals surface area contributed by atoms with Crippen molar-refractivity contribution in [1.82, 2.24) is 5.32 Å². The molecule has 3 nitrogen and oxygen atoms in total. The molecule has 0 aromatic heterocycles. The predicted molar refractivity (Wildman–Crippen MR) is 135 cm³/mol. The maximum Gasteiger partial charge on any atom is 0.170 e. The van der Waals surface area contributed by atoms with Crippen molar-refractivity contribution in [1.29, 1.82) is 0 Å². The van der Waals surface area contributed by atoms with Crippen molar-refractivity contribution in [3.8, 4) is 5.75 Å². The molecule has 4 heteroatoms. The molecule has 0 aliphatic rings. The lowest BCUT2D eigenvalue weighted by atomic mass is 10.1. The van der Waals surface area contributed by atoms with Gasteiger partial charge in [0.1, 0.15) is 5.75 Å². The normalized spacial score (nSPS) is 10.5. The van der Waals surface area contributed by atoms with Crippen LogP contribution in [0.15, 0.2) is 84.9 Å². The van der Waals surface area contributed by atoms with E-state index in [2.05, 4.69) is 65.2 Å². The van der Waals surface area contributed by atoms with Crippen LogP contribution in [0.3, 0.4) is 0 Å². The number of benzene rings is 3. The van der Waals surface area contributed by atoms with E-state index in [-0.39, 0.29) is 0 Å². The summed E-state index contributed by atoms with van der Waals surface area (Å²) in [4.78, 5) is 0. The van der Waals surface area contributed by atoms with E-state index in [0.717, 1.165) is 50.3 Å². The first-order valence-electron chi connectivity index (χ1n) is 11.2.